The van der Waals surface area contributed by atoms with Gasteiger partial charge in [-0.1, -0.05) is 6.07 Å². The smallest absolute Gasteiger partial charge is 0.294 e. The van der Waals surface area contributed by atoms with E-state index in [2.05, 4.69) is 10.6 Å². The summed E-state index contributed by atoms with van der Waals surface area (Å²) in [5.74, 6) is -0.652. The van der Waals surface area contributed by atoms with Crippen molar-refractivity contribution in [1.29, 1.82) is 5.26 Å². The van der Waals surface area contributed by atoms with E-state index in [1.165, 1.54) is 18.3 Å². The third kappa shape index (κ3) is 5.35. The first-order valence-corrected chi connectivity index (χ1v) is 9.90. The Balaban J connectivity index is 2.09. The number of anilines is 2. The van der Waals surface area contributed by atoms with Crippen LogP contribution < -0.4 is 10.6 Å². The van der Waals surface area contributed by atoms with Crippen molar-refractivity contribution in [2.24, 2.45) is 0 Å². The second kappa shape index (κ2) is 8.53. The van der Waals surface area contributed by atoms with Gasteiger partial charge in [0.2, 0.25) is 0 Å². The van der Waals surface area contributed by atoms with Crippen LogP contribution in [0.3, 0.4) is 0 Å². The predicted molar refractivity (Wildman–Crippen MR) is 100 cm³/mol. The Morgan fingerprint density at radius 3 is 2.46 bits per heavy atom. The first kappa shape index (κ1) is 19.5. The van der Waals surface area contributed by atoms with Gasteiger partial charge >= 0.3 is 0 Å². The molecule has 0 radical (unpaired) electrons. The van der Waals surface area contributed by atoms with Crippen LogP contribution in [0.1, 0.15) is 0 Å². The summed E-state index contributed by atoms with van der Waals surface area (Å²) in [6.07, 6.45) is 3.23. The third-order valence-corrected chi connectivity index (χ3v) is 4.82. The second-order valence-corrected chi connectivity index (χ2v) is 7.30. The molecule has 0 fully saturated rings. The number of carbonyl (C=O) groups excluding carboxylic acids is 1. The molecule has 1 amide bonds. The first-order chi connectivity index (χ1) is 12.3. The molecule has 2 rings (SSSR count). The minimum absolute atomic E-state index is 0.154. The molecule has 0 aliphatic heterocycles. The maximum Gasteiger partial charge on any atom is 0.294 e. The molecule has 0 aliphatic carbocycles. The number of nitrogens with zero attached hydrogens (tertiary/aromatic N) is 1. The van der Waals surface area contributed by atoms with Crippen molar-refractivity contribution in [3.05, 3.63) is 60.3 Å². The Labute approximate surface area is 155 Å². The minimum atomic E-state index is -4.30. The van der Waals surface area contributed by atoms with E-state index in [9.17, 15) is 13.2 Å². The number of amides is 1. The Morgan fingerprint density at radius 2 is 1.88 bits per heavy atom. The standard InChI is InChI=1S/C17H15N3O4S2/c1-25-15-4-2-3-14(9-15)19-11-12(10-18)17(21)20-13-5-7-16(8-6-13)26(22,23)24/h2-9,11,19H,1H3,(H,20,21)(H,22,23,24)/b12-11-. The molecule has 9 heteroatoms. The summed E-state index contributed by atoms with van der Waals surface area (Å²) in [6, 6.07) is 14.2. The van der Waals surface area contributed by atoms with Crippen molar-refractivity contribution < 1.29 is 17.8 Å². The highest BCUT2D eigenvalue weighted by molar-refractivity contribution is 7.98. The van der Waals surface area contributed by atoms with E-state index in [1.54, 1.807) is 23.9 Å². The molecule has 134 valence electrons. The van der Waals surface area contributed by atoms with Crippen LogP contribution in [0.5, 0.6) is 0 Å². The molecule has 2 aromatic carbocycles. The van der Waals surface area contributed by atoms with Gasteiger partial charge in [-0.2, -0.15) is 13.7 Å². The monoisotopic (exact) mass is 389 g/mol. The van der Waals surface area contributed by atoms with Gasteiger partial charge < -0.3 is 10.6 Å². The number of thioether (sulfide) groups is 1. The second-order valence-electron chi connectivity index (χ2n) is 5.00. The highest BCUT2D eigenvalue weighted by Gasteiger charge is 2.12. The summed E-state index contributed by atoms with van der Waals surface area (Å²) in [4.78, 5) is 12.9. The van der Waals surface area contributed by atoms with Gasteiger partial charge in [0.05, 0.1) is 4.90 Å². The Kier molecular flexibility index (Phi) is 6.41. The number of rotatable bonds is 6. The van der Waals surface area contributed by atoms with Crippen molar-refractivity contribution in [1.82, 2.24) is 0 Å². The molecule has 0 heterocycles. The average Bonchev–Trinajstić information content (AvgIpc) is 2.62. The first-order valence-electron chi connectivity index (χ1n) is 7.23. The molecule has 0 spiro atoms. The van der Waals surface area contributed by atoms with Crippen LogP contribution in [-0.2, 0) is 14.9 Å². The minimum Gasteiger partial charge on any atom is -0.360 e. The molecule has 0 bridgehead atoms. The number of nitriles is 1. The molecule has 7 nitrogen and oxygen atoms in total. The number of nitrogens with one attached hydrogen (secondary N) is 2. The van der Waals surface area contributed by atoms with Crippen LogP contribution in [-0.4, -0.2) is 25.1 Å². The van der Waals surface area contributed by atoms with Crippen molar-refractivity contribution in [3.63, 3.8) is 0 Å². The van der Waals surface area contributed by atoms with Crippen molar-refractivity contribution in [2.45, 2.75) is 9.79 Å². The van der Waals surface area contributed by atoms with Crippen LogP contribution in [0.2, 0.25) is 0 Å². The SMILES string of the molecule is CSc1cccc(N/C=C(/C#N)C(=O)Nc2ccc(S(=O)(=O)O)cc2)c1. The van der Waals surface area contributed by atoms with E-state index in [1.807, 2.05) is 24.5 Å². The summed E-state index contributed by atoms with van der Waals surface area (Å²) >= 11 is 1.57. The largest absolute Gasteiger partial charge is 0.360 e. The normalized spacial score (nSPS) is 11.5. The van der Waals surface area contributed by atoms with Gasteiger partial charge in [-0.3, -0.25) is 9.35 Å². The van der Waals surface area contributed by atoms with Gasteiger partial charge in [0.15, 0.2) is 0 Å². The molecule has 0 saturated carbocycles. The van der Waals surface area contributed by atoms with E-state index in [0.29, 0.717) is 0 Å². The van der Waals surface area contributed by atoms with Crippen LogP contribution in [0.4, 0.5) is 11.4 Å². The topological polar surface area (TPSA) is 119 Å². The van der Waals surface area contributed by atoms with Gasteiger partial charge in [-0.05, 0) is 48.7 Å². The Morgan fingerprint density at radius 1 is 1.19 bits per heavy atom. The molecular formula is C17H15N3O4S2. The number of hydrogen-bond acceptors (Lipinski definition) is 6. The Hall–Kier alpha value is -2.80. The molecule has 3 N–H and O–H groups in total. The highest BCUT2D eigenvalue weighted by Crippen LogP contribution is 2.19. The maximum absolute atomic E-state index is 12.2. The lowest BCUT2D eigenvalue weighted by Gasteiger charge is -2.06. The molecule has 0 atom stereocenters. The Bertz CT molecular complexity index is 978. The lowest BCUT2D eigenvalue weighted by atomic mass is 10.2. The average molecular weight is 389 g/mol. The fourth-order valence-corrected chi connectivity index (χ4v) is 2.87. The van der Waals surface area contributed by atoms with E-state index >= 15 is 0 Å². The molecule has 2 aromatic rings. The summed E-state index contributed by atoms with van der Waals surface area (Å²) in [5.41, 5.74) is 0.862. The highest BCUT2D eigenvalue weighted by atomic mass is 32.2. The summed E-state index contributed by atoms with van der Waals surface area (Å²) < 4.78 is 30.9. The number of carbonyl (C=O) groups is 1. The zero-order valence-electron chi connectivity index (χ0n) is 13.6. The number of hydrogen-bond donors (Lipinski definition) is 3. The van der Waals surface area contributed by atoms with Gasteiger partial charge in [0.25, 0.3) is 16.0 Å². The molecule has 26 heavy (non-hydrogen) atoms. The van der Waals surface area contributed by atoms with E-state index < -0.39 is 16.0 Å². The lowest BCUT2D eigenvalue weighted by molar-refractivity contribution is -0.112. The van der Waals surface area contributed by atoms with Gasteiger partial charge in [-0.25, -0.2) is 0 Å². The van der Waals surface area contributed by atoms with Crippen LogP contribution >= 0.6 is 11.8 Å². The lowest BCUT2D eigenvalue weighted by Crippen LogP contribution is -2.14. The van der Waals surface area contributed by atoms with Gasteiger partial charge in [0, 0.05) is 22.5 Å². The van der Waals surface area contributed by atoms with Gasteiger partial charge in [-0.15, -0.1) is 11.8 Å². The van der Waals surface area contributed by atoms with Crippen LogP contribution in [0, 0.1) is 11.3 Å². The predicted octanol–water partition coefficient (Wildman–Crippen LogP) is 3.11. The van der Waals surface area contributed by atoms with Crippen molar-refractivity contribution in [3.8, 4) is 6.07 Å². The van der Waals surface area contributed by atoms with Gasteiger partial charge in [0.1, 0.15) is 11.6 Å². The quantitative estimate of drug-likeness (QED) is 0.300. The fourth-order valence-electron chi connectivity index (χ4n) is 1.93. The van der Waals surface area contributed by atoms with Crippen molar-refractivity contribution >= 4 is 39.2 Å². The van der Waals surface area contributed by atoms with E-state index in [4.69, 9.17) is 9.81 Å². The molecule has 0 unspecified atom stereocenters. The van der Waals surface area contributed by atoms with Crippen molar-refractivity contribution in [2.75, 3.05) is 16.9 Å². The third-order valence-electron chi connectivity index (χ3n) is 3.23. The summed E-state index contributed by atoms with van der Waals surface area (Å²) in [5, 5.41) is 14.5. The zero-order valence-corrected chi connectivity index (χ0v) is 15.3. The summed E-state index contributed by atoms with van der Waals surface area (Å²) in [6.45, 7) is 0. The van der Waals surface area contributed by atoms with Crippen LogP contribution in [0.15, 0.2) is 70.1 Å². The molecule has 0 aliphatic rings. The van der Waals surface area contributed by atoms with E-state index in [-0.39, 0.29) is 16.2 Å². The number of benzene rings is 2. The summed E-state index contributed by atoms with van der Waals surface area (Å²) in [7, 11) is -4.30. The van der Waals surface area contributed by atoms with Crippen LogP contribution in [0.25, 0.3) is 0 Å². The maximum atomic E-state index is 12.2. The van der Waals surface area contributed by atoms with E-state index in [0.717, 1.165) is 22.7 Å². The molecule has 0 aromatic heterocycles. The molecule has 0 saturated heterocycles. The fraction of sp³-hybridized carbons (Fsp3) is 0.0588. The molecular weight excluding hydrogens is 374 g/mol. The zero-order chi connectivity index (χ0) is 19.2.